The van der Waals surface area contributed by atoms with Crippen LogP contribution in [0, 0.1) is 0 Å². The first kappa shape index (κ1) is 10.0. The second kappa shape index (κ2) is 4.01. The van der Waals surface area contributed by atoms with Crippen molar-refractivity contribution in [1.82, 2.24) is 9.88 Å². The summed E-state index contributed by atoms with van der Waals surface area (Å²) in [4.78, 5) is 7.61. The zero-order chi connectivity index (χ0) is 11.0. The summed E-state index contributed by atoms with van der Waals surface area (Å²) in [5.74, 6) is 0.686. The molecule has 1 N–H and O–H groups in total. The van der Waals surface area contributed by atoms with Gasteiger partial charge in [-0.05, 0) is 11.4 Å². The van der Waals surface area contributed by atoms with E-state index in [1.807, 2.05) is 17.5 Å². The number of rotatable bonds is 3. The van der Waals surface area contributed by atoms with E-state index in [9.17, 15) is 0 Å². The molecule has 0 aliphatic carbocycles. The van der Waals surface area contributed by atoms with Crippen molar-refractivity contribution in [2.24, 2.45) is 0 Å². The fraction of sp³-hybridized carbons (Fsp3) is 0.364. The van der Waals surface area contributed by atoms with Gasteiger partial charge in [-0.3, -0.25) is 4.90 Å². The van der Waals surface area contributed by atoms with Crippen LogP contribution < -0.4 is 0 Å². The van der Waals surface area contributed by atoms with Gasteiger partial charge in [-0.2, -0.15) is 0 Å². The molecule has 0 aromatic carbocycles. The van der Waals surface area contributed by atoms with E-state index in [1.165, 1.54) is 0 Å². The van der Waals surface area contributed by atoms with Crippen LogP contribution in [0.15, 0.2) is 28.2 Å². The number of aliphatic hydroxyl groups excluding tert-OH is 1. The van der Waals surface area contributed by atoms with Crippen LogP contribution in [0.5, 0.6) is 0 Å². The smallest absolute Gasteiger partial charge is 0.236 e. The molecule has 0 saturated carbocycles. The van der Waals surface area contributed by atoms with Crippen LogP contribution in [0.3, 0.4) is 0 Å². The Morgan fingerprint density at radius 2 is 2.44 bits per heavy atom. The molecule has 2 aromatic rings. The third-order valence-electron chi connectivity index (χ3n) is 2.61. The van der Waals surface area contributed by atoms with Gasteiger partial charge >= 0.3 is 0 Å². The van der Waals surface area contributed by atoms with E-state index >= 15 is 0 Å². The number of aliphatic hydroxyl groups is 1. The molecular formula is C11H12N2O2S. The van der Waals surface area contributed by atoms with Gasteiger partial charge in [0.1, 0.15) is 6.26 Å². The third-order valence-corrected chi connectivity index (χ3v) is 3.47. The van der Waals surface area contributed by atoms with Crippen LogP contribution in [0.25, 0.3) is 10.8 Å². The quantitative estimate of drug-likeness (QED) is 0.879. The molecule has 0 radical (unpaired) electrons. The summed E-state index contributed by atoms with van der Waals surface area (Å²) in [5.41, 5.74) is 0.926. The van der Waals surface area contributed by atoms with Crippen molar-refractivity contribution in [3.63, 3.8) is 0 Å². The number of β-amino-alcohol motifs (C(OH)–C–C–N with tert-alkyl or cyclic N) is 1. The van der Waals surface area contributed by atoms with Crippen LogP contribution >= 0.6 is 11.3 Å². The van der Waals surface area contributed by atoms with Crippen molar-refractivity contribution in [3.8, 4) is 10.8 Å². The minimum Gasteiger partial charge on any atom is -0.444 e. The highest BCUT2D eigenvalue weighted by molar-refractivity contribution is 7.13. The standard InChI is InChI=1S/C11H12N2O2S/c14-9-5-13(6-9)4-8-7-15-11(12-8)10-2-1-3-16-10/h1-3,7,9,14H,4-6H2. The van der Waals surface area contributed by atoms with Gasteiger partial charge in [-0.25, -0.2) is 4.98 Å². The second-order valence-electron chi connectivity index (χ2n) is 3.97. The Morgan fingerprint density at radius 1 is 1.56 bits per heavy atom. The molecule has 2 aromatic heterocycles. The lowest BCUT2D eigenvalue weighted by Crippen LogP contribution is -2.49. The largest absolute Gasteiger partial charge is 0.444 e. The van der Waals surface area contributed by atoms with Gasteiger partial charge < -0.3 is 9.52 Å². The third kappa shape index (κ3) is 1.89. The molecule has 4 nitrogen and oxygen atoms in total. The normalized spacial score (nSPS) is 17.6. The first-order valence-electron chi connectivity index (χ1n) is 5.20. The van der Waals surface area contributed by atoms with Crippen LogP contribution in [0.1, 0.15) is 5.69 Å². The van der Waals surface area contributed by atoms with Gasteiger partial charge in [0.2, 0.25) is 5.89 Å². The molecule has 0 spiro atoms. The van der Waals surface area contributed by atoms with E-state index in [0.717, 1.165) is 30.2 Å². The average molecular weight is 236 g/mol. The maximum atomic E-state index is 9.17. The highest BCUT2D eigenvalue weighted by Gasteiger charge is 2.25. The van der Waals surface area contributed by atoms with E-state index < -0.39 is 0 Å². The van der Waals surface area contributed by atoms with Crippen molar-refractivity contribution in [1.29, 1.82) is 0 Å². The second-order valence-corrected chi connectivity index (χ2v) is 4.92. The summed E-state index contributed by atoms with van der Waals surface area (Å²) < 4.78 is 5.42. The molecule has 5 heteroatoms. The zero-order valence-electron chi connectivity index (χ0n) is 8.67. The molecule has 84 valence electrons. The Morgan fingerprint density at radius 3 is 3.12 bits per heavy atom. The van der Waals surface area contributed by atoms with Crippen molar-refractivity contribution >= 4 is 11.3 Å². The maximum absolute atomic E-state index is 9.17. The fourth-order valence-corrected chi connectivity index (χ4v) is 2.45. The van der Waals surface area contributed by atoms with Crippen molar-refractivity contribution < 1.29 is 9.52 Å². The maximum Gasteiger partial charge on any atom is 0.236 e. The molecule has 1 aliphatic rings. The van der Waals surface area contributed by atoms with E-state index in [4.69, 9.17) is 9.52 Å². The average Bonchev–Trinajstić information content (AvgIpc) is 2.84. The number of likely N-dealkylation sites (tertiary alicyclic amines) is 1. The topological polar surface area (TPSA) is 49.5 Å². The molecule has 3 rings (SSSR count). The van der Waals surface area contributed by atoms with Crippen LogP contribution in [0.4, 0.5) is 0 Å². The van der Waals surface area contributed by atoms with Gasteiger partial charge in [0.25, 0.3) is 0 Å². The molecule has 1 fully saturated rings. The van der Waals surface area contributed by atoms with Crippen molar-refractivity contribution in [3.05, 3.63) is 29.5 Å². The summed E-state index contributed by atoms with van der Waals surface area (Å²) in [6, 6.07) is 3.98. The molecule has 0 amide bonds. The summed E-state index contributed by atoms with van der Waals surface area (Å²) in [5, 5.41) is 11.2. The molecule has 0 atom stereocenters. The van der Waals surface area contributed by atoms with Gasteiger partial charge in [0.15, 0.2) is 0 Å². The Bertz CT molecular complexity index is 460. The predicted octanol–water partition coefficient (Wildman–Crippen LogP) is 1.58. The lowest BCUT2D eigenvalue weighted by atomic mass is 10.1. The SMILES string of the molecule is OC1CN(Cc2coc(-c3cccs3)n2)C1. The van der Waals surface area contributed by atoms with Crippen LogP contribution in [0.2, 0.25) is 0 Å². The van der Waals surface area contributed by atoms with Gasteiger partial charge in [0.05, 0.1) is 16.7 Å². The van der Waals surface area contributed by atoms with Crippen LogP contribution in [-0.2, 0) is 6.54 Å². The minimum absolute atomic E-state index is 0.163. The Kier molecular flexibility index (Phi) is 2.51. The van der Waals surface area contributed by atoms with E-state index in [0.29, 0.717) is 5.89 Å². The fourth-order valence-electron chi connectivity index (χ4n) is 1.79. The molecule has 3 heterocycles. The summed E-state index contributed by atoms with van der Waals surface area (Å²) >= 11 is 1.62. The molecule has 0 bridgehead atoms. The predicted molar refractivity (Wildman–Crippen MR) is 61.1 cm³/mol. The van der Waals surface area contributed by atoms with E-state index in [2.05, 4.69) is 9.88 Å². The molecule has 1 saturated heterocycles. The van der Waals surface area contributed by atoms with E-state index in [1.54, 1.807) is 17.6 Å². The number of oxazole rings is 1. The van der Waals surface area contributed by atoms with Crippen molar-refractivity contribution in [2.75, 3.05) is 13.1 Å². The van der Waals surface area contributed by atoms with Gasteiger partial charge in [0, 0.05) is 19.6 Å². The number of nitrogens with zero attached hydrogens (tertiary/aromatic N) is 2. The molecule has 1 aliphatic heterocycles. The zero-order valence-corrected chi connectivity index (χ0v) is 9.48. The molecular weight excluding hydrogens is 224 g/mol. The summed E-state index contributed by atoms with van der Waals surface area (Å²) in [6.07, 6.45) is 1.53. The Labute approximate surface area is 97.2 Å². The number of hydrogen-bond donors (Lipinski definition) is 1. The Balaban J connectivity index is 1.69. The monoisotopic (exact) mass is 236 g/mol. The summed E-state index contributed by atoms with van der Waals surface area (Å²) in [6.45, 7) is 2.23. The first-order valence-corrected chi connectivity index (χ1v) is 6.08. The lowest BCUT2D eigenvalue weighted by Gasteiger charge is -2.34. The molecule has 0 unspecified atom stereocenters. The molecule has 16 heavy (non-hydrogen) atoms. The number of thiophene rings is 1. The first-order chi connectivity index (χ1) is 7.81. The Hall–Kier alpha value is -1.17. The van der Waals surface area contributed by atoms with Gasteiger partial charge in [-0.15, -0.1) is 11.3 Å². The highest BCUT2D eigenvalue weighted by atomic mass is 32.1. The van der Waals surface area contributed by atoms with E-state index in [-0.39, 0.29) is 6.10 Å². The minimum atomic E-state index is -0.163. The lowest BCUT2D eigenvalue weighted by molar-refractivity contribution is -0.00355. The van der Waals surface area contributed by atoms with Crippen LogP contribution in [-0.4, -0.2) is 34.2 Å². The van der Waals surface area contributed by atoms with Crippen molar-refractivity contribution in [2.45, 2.75) is 12.6 Å². The summed E-state index contributed by atoms with van der Waals surface area (Å²) in [7, 11) is 0. The number of aromatic nitrogens is 1. The highest BCUT2D eigenvalue weighted by Crippen LogP contribution is 2.24. The number of hydrogen-bond acceptors (Lipinski definition) is 5. The van der Waals surface area contributed by atoms with Gasteiger partial charge in [-0.1, -0.05) is 6.07 Å².